The zero-order valence-electron chi connectivity index (χ0n) is 19.6. The van der Waals surface area contributed by atoms with Crippen molar-refractivity contribution in [2.45, 2.75) is 57.0 Å². The van der Waals surface area contributed by atoms with Gasteiger partial charge in [-0.15, -0.1) is 11.8 Å². The van der Waals surface area contributed by atoms with Crippen LogP contribution in [0.15, 0.2) is 35.9 Å². The summed E-state index contributed by atoms with van der Waals surface area (Å²) in [6.45, 7) is 14.4. The highest BCUT2D eigenvalue weighted by Crippen LogP contribution is 2.33. The third-order valence-electron chi connectivity index (χ3n) is 4.39. The van der Waals surface area contributed by atoms with Crippen molar-refractivity contribution < 1.29 is 23.7 Å². The molecule has 0 unspecified atom stereocenters. The smallest absolute Gasteiger partial charge is 0.325 e. The van der Waals surface area contributed by atoms with Gasteiger partial charge in [0.15, 0.2) is 0 Å². The molecule has 0 bridgehead atoms. The number of carbonyl (C=O) groups excluding carboxylic acids is 1. The minimum Gasteiger partial charge on any atom is -0.497 e. The fourth-order valence-corrected chi connectivity index (χ4v) is 4.48. The van der Waals surface area contributed by atoms with Crippen LogP contribution in [0.5, 0.6) is 5.75 Å². The summed E-state index contributed by atoms with van der Waals surface area (Å²) in [6, 6.07) is 8.99. The molecule has 0 spiro atoms. The SMILES string of the molecule is CCOC(=O)[C@](C)(/C=C(\C)COCOCC[Si](C)(C)C)SCc1ccc(OC)cc1. The first-order valence-corrected chi connectivity index (χ1v) is 15.1. The standard InChI is InChI=1S/C23H38O5SSi/c1-8-28-22(24)23(3,29-17-20-9-11-21(25-4)12-10-20)15-19(2)16-27-18-26-13-14-30(5,6)7/h9-12,15H,8,13-14,16-18H2,1-7H3/b19-15+/t23-/m0/s1. The monoisotopic (exact) mass is 454 g/mol. The molecule has 7 heteroatoms. The van der Waals surface area contributed by atoms with E-state index in [2.05, 4.69) is 19.6 Å². The number of carbonyl (C=O) groups is 1. The quantitative estimate of drug-likeness (QED) is 0.121. The largest absolute Gasteiger partial charge is 0.497 e. The highest BCUT2D eigenvalue weighted by Gasteiger charge is 2.33. The second-order valence-corrected chi connectivity index (χ2v) is 15.7. The molecule has 0 aromatic heterocycles. The summed E-state index contributed by atoms with van der Waals surface area (Å²) in [7, 11) is 0.560. The molecule has 0 heterocycles. The van der Waals surface area contributed by atoms with Crippen LogP contribution in [-0.4, -0.2) is 52.5 Å². The predicted octanol–water partition coefficient (Wildman–Crippen LogP) is 5.53. The molecule has 1 aromatic rings. The van der Waals surface area contributed by atoms with Crippen molar-refractivity contribution in [1.29, 1.82) is 0 Å². The molecule has 170 valence electrons. The second-order valence-electron chi connectivity index (χ2n) is 8.64. The van der Waals surface area contributed by atoms with Crippen molar-refractivity contribution >= 4 is 25.8 Å². The zero-order valence-corrected chi connectivity index (χ0v) is 21.4. The fraction of sp³-hybridized carbons (Fsp3) is 0.609. The summed E-state index contributed by atoms with van der Waals surface area (Å²) < 4.78 is 21.0. The van der Waals surface area contributed by atoms with Gasteiger partial charge in [0.1, 0.15) is 17.3 Å². The first-order valence-electron chi connectivity index (χ1n) is 10.4. The number of benzene rings is 1. The van der Waals surface area contributed by atoms with Gasteiger partial charge in [-0.2, -0.15) is 0 Å². The molecule has 0 saturated heterocycles. The number of methoxy groups -OCH3 is 1. The number of hydrogen-bond acceptors (Lipinski definition) is 6. The van der Waals surface area contributed by atoms with Crippen molar-refractivity contribution in [3.63, 3.8) is 0 Å². The summed E-state index contributed by atoms with van der Waals surface area (Å²) in [5.41, 5.74) is 2.09. The Labute approximate surface area is 187 Å². The van der Waals surface area contributed by atoms with Crippen molar-refractivity contribution in [1.82, 2.24) is 0 Å². The maximum atomic E-state index is 12.7. The van der Waals surface area contributed by atoms with Gasteiger partial charge in [0.25, 0.3) is 0 Å². The number of thioether (sulfide) groups is 1. The molecule has 0 saturated carbocycles. The molecule has 1 aromatic carbocycles. The van der Waals surface area contributed by atoms with Gasteiger partial charge in [0.2, 0.25) is 0 Å². The third-order valence-corrected chi connectivity index (χ3v) is 7.46. The third kappa shape index (κ3) is 10.7. The topological polar surface area (TPSA) is 54.0 Å². The van der Waals surface area contributed by atoms with Gasteiger partial charge in [0, 0.05) is 20.4 Å². The molecule has 0 N–H and O–H groups in total. The van der Waals surface area contributed by atoms with E-state index in [9.17, 15) is 4.79 Å². The Morgan fingerprint density at radius 3 is 2.40 bits per heavy atom. The van der Waals surface area contributed by atoms with E-state index in [0.717, 1.165) is 29.5 Å². The van der Waals surface area contributed by atoms with E-state index in [1.165, 1.54) is 0 Å². The molecular formula is C23H38O5SSi. The lowest BCUT2D eigenvalue weighted by Gasteiger charge is -2.24. The molecule has 30 heavy (non-hydrogen) atoms. The van der Waals surface area contributed by atoms with Gasteiger partial charge in [-0.05, 0) is 50.1 Å². The maximum absolute atomic E-state index is 12.7. The van der Waals surface area contributed by atoms with E-state index in [1.807, 2.05) is 51.1 Å². The normalized spacial score (nSPS) is 14.3. The van der Waals surface area contributed by atoms with Gasteiger partial charge in [0.05, 0.1) is 20.3 Å². The summed E-state index contributed by atoms with van der Waals surface area (Å²) in [4.78, 5) is 12.7. The average molecular weight is 455 g/mol. The van der Waals surface area contributed by atoms with Crippen molar-refractivity contribution in [2.24, 2.45) is 0 Å². The molecule has 1 atom stereocenters. The van der Waals surface area contributed by atoms with Crippen LogP contribution in [0.4, 0.5) is 0 Å². The number of hydrogen-bond donors (Lipinski definition) is 0. The van der Waals surface area contributed by atoms with Crippen LogP contribution in [0.25, 0.3) is 0 Å². The Hall–Kier alpha value is -1.28. The summed E-state index contributed by atoms with van der Waals surface area (Å²) in [5.74, 6) is 1.26. The van der Waals surface area contributed by atoms with E-state index in [-0.39, 0.29) is 12.8 Å². The molecule has 0 fully saturated rings. The van der Waals surface area contributed by atoms with Crippen molar-refractivity contribution in [3.8, 4) is 5.75 Å². The molecular weight excluding hydrogens is 416 g/mol. The van der Waals surface area contributed by atoms with E-state index in [4.69, 9.17) is 18.9 Å². The maximum Gasteiger partial charge on any atom is 0.325 e. The van der Waals surface area contributed by atoms with Gasteiger partial charge in [-0.1, -0.05) is 37.8 Å². The first kappa shape index (κ1) is 26.8. The van der Waals surface area contributed by atoms with Crippen LogP contribution in [0.3, 0.4) is 0 Å². The predicted molar refractivity (Wildman–Crippen MR) is 128 cm³/mol. The van der Waals surface area contributed by atoms with Gasteiger partial charge in [-0.3, -0.25) is 4.79 Å². The van der Waals surface area contributed by atoms with Gasteiger partial charge < -0.3 is 18.9 Å². The fourth-order valence-electron chi connectivity index (χ4n) is 2.60. The molecule has 5 nitrogen and oxygen atoms in total. The van der Waals surface area contributed by atoms with Crippen molar-refractivity contribution in [3.05, 3.63) is 41.5 Å². The van der Waals surface area contributed by atoms with E-state index in [0.29, 0.717) is 19.0 Å². The summed E-state index contributed by atoms with van der Waals surface area (Å²) in [6.07, 6.45) is 1.95. The highest BCUT2D eigenvalue weighted by molar-refractivity contribution is 8.00. The van der Waals surface area contributed by atoms with Crippen molar-refractivity contribution in [2.75, 3.05) is 33.7 Å². The van der Waals surface area contributed by atoms with Crippen LogP contribution >= 0.6 is 11.8 Å². The minimum absolute atomic E-state index is 0.241. The lowest BCUT2D eigenvalue weighted by atomic mass is 10.1. The second kappa shape index (κ2) is 13.2. The molecule has 0 aliphatic rings. The molecule has 0 radical (unpaired) electrons. The molecule has 0 amide bonds. The van der Waals surface area contributed by atoms with E-state index >= 15 is 0 Å². The van der Waals surface area contributed by atoms with Crippen LogP contribution in [0.1, 0.15) is 26.3 Å². The highest BCUT2D eigenvalue weighted by atomic mass is 32.2. The molecule has 0 aliphatic heterocycles. The van der Waals surface area contributed by atoms with Gasteiger partial charge in [-0.25, -0.2) is 0 Å². The van der Waals surface area contributed by atoms with E-state index in [1.54, 1.807) is 18.9 Å². The first-order chi connectivity index (χ1) is 14.1. The number of esters is 1. The Bertz CT molecular complexity index is 669. The molecule has 0 aliphatic carbocycles. The average Bonchev–Trinajstić information content (AvgIpc) is 2.68. The molecule has 1 rings (SSSR count). The lowest BCUT2D eigenvalue weighted by molar-refractivity contribution is -0.144. The Kier molecular flexibility index (Phi) is 11.8. The van der Waals surface area contributed by atoms with Crippen LogP contribution < -0.4 is 4.74 Å². The van der Waals surface area contributed by atoms with Gasteiger partial charge >= 0.3 is 5.97 Å². The van der Waals surface area contributed by atoms with E-state index < -0.39 is 12.8 Å². The minimum atomic E-state index is -1.09. The zero-order chi connectivity index (χ0) is 22.6. The summed E-state index contributed by atoms with van der Waals surface area (Å²) >= 11 is 1.54. The summed E-state index contributed by atoms with van der Waals surface area (Å²) in [5, 5.41) is 0. The van der Waals surface area contributed by atoms with Crippen LogP contribution in [0.2, 0.25) is 25.7 Å². The van der Waals surface area contributed by atoms with Crippen LogP contribution in [-0.2, 0) is 24.8 Å². The lowest BCUT2D eigenvalue weighted by Crippen LogP contribution is -2.32. The number of ether oxygens (including phenoxy) is 4. The Balaban J connectivity index is 2.64. The Morgan fingerprint density at radius 2 is 1.83 bits per heavy atom. The number of rotatable bonds is 14. The Morgan fingerprint density at radius 1 is 1.17 bits per heavy atom. The van der Waals surface area contributed by atoms with Crippen LogP contribution in [0, 0.1) is 0 Å².